The SMILES string of the molecule is CCOC(=O)CC(C)NCCOc1ccnc(C(O)O)c1. The summed E-state index contributed by atoms with van der Waals surface area (Å²) in [5, 5.41) is 21.1. The third-order valence-corrected chi connectivity index (χ3v) is 2.66. The minimum Gasteiger partial charge on any atom is -0.492 e. The number of aliphatic hydroxyl groups excluding tert-OH is 1. The fourth-order valence-electron chi connectivity index (χ4n) is 1.68. The molecule has 0 saturated carbocycles. The number of ether oxygens (including phenoxy) is 2. The first-order chi connectivity index (χ1) is 10.0. The van der Waals surface area contributed by atoms with Crippen molar-refractivity contribution in [2.45, 2.75) is 32.6 Å². The number of aromatic nitrogens is 1. The zero-order chi connectivity index (χ0) is 15.7. The second-order valence-electron chi connectivity index (χ2n) is 4.50. The molecule has 0 fully saturated rings. The number of aliphatic hydroxyl groups is 2. The molecule has 1 rings (SSSR count). The van der Waals surface area contributed by atoms with Crippen molar-refractivity contribution in [3.63, 3.8) is 0 Å². The molecule has 3 N–H and O–H groups in total. The third kappa shape index (κ3) is 7.03. The molecule has 1 atom stereocenters. The molecule has 0 saturated heterocycles. The fourth-order valence-corrected chi connectivity index (χ4v) is 1.68. The lowest BCUT2D eigenvalue weighted by Gasteiger charge is -2.13. The van der Waals surface area contributed by atoms with E-state index < -0.39 is 6.29 Å². The summed E-state index contributed by atoms with van der Waals surface area (Å²) in [7, 11) is 0. The van der Waals surface area contributed by atoms with Gasteiger partial charge in [-0.25, -0.2) is 0 Å². The van der Waals surface area contributed by atoms with Crippen molar-refractivity contribution in [1.82, 2.24) is 10.3 Å². The quantitative estimate of drug-likeness (QED) is 0.344. The molecular weight excluding hydrogens is 276 g/mol. The smallest absolute Gasteiger partial charge is 0.307 e. The second kappa shape index (κ2) is 9.28. The van der Waals surface area contributed by atoms with Crippen LogP contribution in [0, 0.1) is 0 Å². The molecule has 1 unspecified atom stereocenters. The van der Waals surface area contributed by atoms with Gasteiger partial charge in [0.25, 0.3) is 0 Å². The first-order valence-electron chi connectivity index (χ1n) is 6.86. The molecule has 0 radical (unpaired) electrons. The van der Waals surface area contributed by atoms with Crippen LogP contribution in [0.4, 0.5) is 0 Å². The highest BCUT2D eigenvalue weighted by atomic mass is 16.5. The van der Waals surface area contributed by atoms with Crippen LogP contribution >= 0.6 is 0 Å². The van der Waals surface area contributed by atoms with Crippen LogP contribution in [-0.4, -0.2) is 47.0 Å². The van der Waals surface area contributed by atoms with Gasteiger partial charge >= 0.3 is 5.97 Å². The predicted molar refractivity (Wildman–Crippen MR) is 75.6 cm³/mol. The minimum absolute atomic E-state index is 0.0000787. The van der Waals surface area contributed by atoms with Crippen molar-refractivity contribution in [3.8, 4) is 5.75 Å². The van der Waals surface area contributed by atoms with Crippen LogP contribution in [0.1, 0.15) is 32.3 Å². The van der Waals surface area contributed by atoms with Crippen LogP contribution < -0.4 is 10.1 Å². The maximum absolute atomic E-state index is 11.3. The van der Waals surface area contributed by atoms with Crippen molar-refractivity contribution in [2.75, 3.05) is 19.8 Å². The molecule has 7 nitrogen and oxygen atoms in total. The van der Waals surface area contributed by atoms with E-state index in [4.69, 9.17) is 19.7 Å². The first kappa shape index (κ1) is 17.4. The summed E-state index contributed by atoms with van der Waals surface area (Å²) in [6, 6.07) is 3.10. The largest absolute Gasteiger partial charge is 0.492 e. The van der Waals surface area contributed by atoms with Gasteiger partial charge < -0.3 is 25.0 Å². The minimum atomic E-state index is -1.61. The Morgan fingerprint density at radius 2 is 2.24 bits per heavy atom. The van der Waals surface area contributed by atoms with Crippen molar-refractivity contribution in [2.24, 2.45) is 0 Å². The molecule has 0 spiro atoms. The van der Waals surface area contributed by atoms with Gasteiger partial charge in [0, 0.05) is 24.8 Å². The number of rotatable bonds is 9. The van der Waals surface area contributed by atoms with Gasteiger partial charge in [-0.3, -0.25) is 9.78 Å². The van der Waals surface area contributed by atoms with Gasteiger partial charge in [0.05, 0.1) is 18.7 Å². The highest BCUT2D eigenvalue weighted by Gasteiger charge is 2.09. The topological polar surface area (TPSA) is 101 Å². The summed E-state index contributed by atoms with van der Waals surface area (Å²) in [4.78, 5) is 15.1. The Labute approximate surface area is 123 Å². The van der Waals surface area contributed by atoms with Crippen molar-refractivity contribution in [3.05, 3.63) is 24.0 Å². The average Bonchev–Trinajstić information content (AvgIpc) is 2.44. The van der Waals surface area contributed by atoms with Gasteiger partial charge in [-0.15, -0.1) is 0 Å². The lowest BCUT2D eigenvalue weighted by Crippen LogP contribution is -2.32. The van der Waals surface area contributed by atoms with Crippen LogP contribution in [0.15, 0.2) is 18.3 Å². The number of nitrogens with one attached hydrogen (secondary N) is 1. The van der Waals surface area contributed by atoms with E-state index in [-0.39, 0.29) is 17.7 Å². The van der Waals surface area contributed by atoms with Gasteiger partial charge in [-0.2, -0.15) is 0 Å². The van der Waals surface area contributed by atoms with Gasteiger partial charge in [0.1, 0.15) is 12.4 Å². The normalized spacial score (nSPS) is 12.2. The summed E-state index contributed by atoms with van der Waals surface area (Å²) < 4.78 is 10.3. The number of hydrogen-bond donors (Lipinski definition) is 3. The first-order valence-corrected chi connectivity index (χ1v) is 6.86. The molecule has 1 aromatic rings. The summed E-state index contributed by atoms with van der Waals surface area (Å²) in [6.07, 6.45) is 0.140. The molecule has 0 aliphatic heterocycles. The van der Waals surface area contributed by atoms with Crippen molar-refractivity contribution >= 4 is 5.97 Å². The van der Waals surface area contributed by atoms with Crippen LogP contribution in [0.3, 0.4) is 0 Å². The van der Waals surface area contributed by atoms with Crippen LogP contribution in [0.25, 0.3) is 0 Å². The van der Waals surface area contributed by atoms with Crippen LogP contribution in [0.2, 0.25) is 0 Å². The summed E-state index contributed by atoms with van der Waals surface area (Å²) in [6.45, 7) is 4.99. The van der Waals surface area contributed by atoms with E-state index in [9.17, 15) is 4.79 Å². The number of carbonyl (C=O) groups is 1. The maximum Gasteiger partial charge on any atom is 0.307 e. The molecule has 0 bridgehead atoms. The Bertz CT molecular complexity index is 439. The molecule has 0 aliphatic carbocycles. The molecule has 1 aromatic heterocycles. The van der Waals surface area contributed by atoms with Gasteiger partial charge in [-0.05, 0) is 19.9 Å². The predicted octanol–water partition coefficient (Wildman–Crippen LogP) is 0.375. The van der Waals surface area contributed by atoms with Crippen LogP contribution in [-0.2, 0) is 9.53 Å². The summed E-state index contributed by atoms with van der Waals surface area (Å²) in [5.74, 6) is 0.280. The standard InChI is InChI=1S/C14H22N2O5/c1-3-20-13(17)8-10(2)15-6-7-21-11-4-5-16-12(9-11)14(18)19/h4-5,9-10,14-15,18-19H,3,6-8H2,1-2H3. The molecule has 7 heteroatoms. The van der Waals surface area contributed by atoms with Gasteiger partial charge in [-0.1, -0.05) is 0 Å². The number of esters is 1. The summed E-state index contributed by atoms with van der Waals surface area (Å²) in [5.41, 5.74) is 0.135. The monoisotopic (exact) mass is 298 g/mol. The van der Waals surface area contributed by atoms with E-state index in [2.05, 4.69) is 10.3 Å². The fraction of sp³-hybridized carbons (Fsp3) is 0.571. The molecule has 21 heavy (non-hydrogen) atoms. The summed E-state index contributed by atoms with van der Waals surface area (Å²) >= 11 is 0. The second-order valence-corrected chi connectivity index (χ2v) is 4.50. The molecule has 1 heterocycles. The molecule has 0 aromatic carbocycles. The number of carbonyl (C=O) groups excluding carboxylic acids is 1. The number of nitrogens with zero attached hydrogens (tertiary/aromatic N) is 1. The zero-order valence-corrected chi connectivity index (χ0v) is 12.3. The number of pyridine rings is 1. The van der Waals surface area contributed by atoms with Crippen molar-refractivity contribution < 1.29 is 24.5 Å². The lowest BCUT2D eigenvalue weighted by molar-refractivity contribution is -0.143. The molecule has 118 valence electrons. The van der Waals surface area contributed by atoms with E-state index in [0.29, 0.717) is 31.9 Å². The van der Waals surface area contributed by atoms with E-state index in [1.807, 2.05) is 6.92 Å². The van der Waals surface area contributed by atoms with Gasteiger partial charge in [0.2, 0.25) is 0 Å². The third-order valence-electron chi connectivity index (χ3n) is 2.66. The van der Waals surface area contributed by atoms with E-state index in [1.54, 1.807) is 13.0 Å². The zero-order valence-electron chi connectivity index (χ0n) is 12.3. The highest BCUT2D eigenvalue weighted by Crippen LogP contribution is 2.14. The Hall–Kier alpha value is -1.70. The number of hydrogen-bond acceptors (Lipinski definition) is 7. The Morgan fingerprint density at radius 1 is 1.48 bits per heavy atom. The lowest BCUT2D eigenvalue weighted by atomic mass is 10.2. The maximum atomic E-state index is 11.3. The Balaban J connectivity index is 2.24. The van der Waals surface area contributed by atoms with E-state index in [0.717, 1.165) is 0 Å². The van der Waals surface area contributed by atoms with E-state index in [1.165, 1.54) is 12.3 Å². The molecule has 0 aliphatic rings. The van der Waals surface area contributed by atoms with Gasteiger partial charge in [0.15, 0.2) is 6.29 Å². The Morgan fingerprint density at radius 3 is 2.90 bits per heavy atom. The Kier molecular flexibility index (Phi) is 7.66. The average molecular weight is 298 g/mol. The van der Waals surface area contributed by atoms with Crippen molar-refractivity contribution in [1.29, 1.82) is 0 Å². The van der Waals surface area contributed by atoms with E-state index >= 15 is 0 Å². The molecular formula is C14H22N2O5. The highest BCUT2D eigenvalue weighted by molar-refractivity contribution is 5.69. The molecule has 0 amide bonds. The van der Waals surface area contributed by atoms with Crippen LogP contribution in [0.5, 0.6) is 5.75 Å².